The maximum atomic E-state index is 12.8. The fraction of sp³-hybridized carbons (Fsp3) is 0.0800. The van der Waals surface area contributed by atoms with Crippen LogP contribution in [0.1, 0.15) is 0 Å². The van der Waals surface area contributed by atoms with Crippen LogP contribution in [0.3, 0.4) is 0 Å². The Morgan fingerprint density at radius 2 is 1.63 bits per heavy atom. The second kappa shape index (κ2) is 8.75. The monoisotopic (exact) mass is 470 g/mol. The number of carbonyl (C=O) groups excluding carboxylic acids is 2. The molecule has 0 aliphatic carbocycles. The van der Waals surface area contributed by atoms with Gasteiger partial charge in [-0.1, -0.05) is 18.2 Å². The number of carbonyl (C=O) groups is 2. The van der Waals surface area contributed by atoms with Gasteiger partial charge in [0.05, 0.1) is 19.8 Å². The molecular weight excluding hydrogens is 452 g/mol. The predicted octanol–water partition coefficient (Wildman–Crippen LogP) is 3.02. The number of hydrogen-bond donors (Lipinski definition) is 0. The lowest BCUT2D eigenvalue weighted by Gasteiger charge is -2.23. The second-order valence-electron chi connectivity index (χ2n) is 7.44. The van der Waals surface area contributed by atoms with Crippen molar-refractivity contribution in [3.63, 3.8) is 0 Å². The van der Waals surface area contributed by atoms with Crippen LogP contribution in [0.2, 0.25) is 0 Å². The van der Waals surface area contributed by atoms with Crippen molar-refractivity contribution in [3.8, 4) is 5.69 Å². The Balaban J connectivity index is 1.62. The van der Waals surface area contributed by atoms with Crippen molar-refractivity contribution in [2.24, 2.45) is 0 Å². The summed E-state index contributed by atoms with van der Waals surface area (Å²) >= 11 is 0. The highest BCUT2D eigenvalue weighted by Crippen LogP contribution is 2.29. The Hall–Kier alpha value is -4.99. The fourth-order valence-corrected chi connectivity index (χ4v) is 3.71. The Morgan fingerprint density at radius 1 is 0.914 bits per heavy atom. The molecular formula is C25H18N4O6. The molecule has 4 aromatic rings. The van der Waals surface area contributed by atoms with Crippen LogP contribution in [0.25, 0.3) is 27.7 Å². The number of aromatic nitrogens is 3. The van der Waals surface area contributed by atoms with Crippen molar-refractivity contribution in [1.29, 1.82) is 0 Å². The molecule has 0 spiro atoms. The van der Waals surface area contributed by atoms with Crippen LogP contribution < -0.4 is 10.5 Å². The number of benzene rings is 2. The van der Waals surface area contributed by atoms with E-state index in [1.54, 1.807) is 54.8 Å². The third kappa shape index (κ3) is 3.86. The minimum absolute atomic E-state index is 0.0121. The van der Waals surface area contributed by atoms with Gasteiger partial charge >= 0.3 is 17.6 Å². The van der Waals surface area contributed by atoms with Gasteiger partial charge in [-0.25, -0.2) is 14.4 Å². The van der Waals surface area contributed by atoms with E-state index in [0.29, 0.717) is 22.1 Å². The van der Waals surface area contributed by atoms with Crippen LogP contribution in [0.4, 0.5) is 5.69 Å². The van der Waals surface area contributed by atoms with E-state index in [2.05, 4.69) is 10.2 Å². The number of nitrogens with zero attached hydrogens (tertiary/aromatic N) is 4. The Bertz CT molecular complexity index is 1610. The summed E-state index contributed by atoms with van der Waals surface area (Å²) in [6, 6.07) is 13.9. The fourth-order valence-electron chi connectivity index (χ4n) is 3.71. The van der Waals surface area contributed by atoms with Crippen molar-refractivity contribution < 1.29 is 23.5 Å². The molecule has 5 rings (SSSR count). The van der Waals surface area contributed by atoms with E-state index in [9.17, 15) is 14.4 Å². The maximum Gasteiger partial charge on any atom is 0.364 e. The van der Waals surface area contributed by atoms with Crippen molar-refractivity contribution in [2.75, 3.05) is 19.1 Å². The third-order valence-corrected chi connectivity index (χ3v) is 5.37. The molecule has 35 heavy (non-hydrogen) atoms. The number of esters is 2. The van der Waals surface area contributed by atoms with Gasteiger partial charge < -0.3 is 18.8 Å². The first-order chi connectivity index (χ1) is 17.0. The van der Waals surface area contributed by atoms with Crippen LogP contribution >= 0.6 is 0 Å². The molecule has 174 valence electrons. The van der Waals surface area contributed by atoms with Crippen molar-refractivity contribution in [1.82, 2.24) is 15.0 Å². The van der Waals surface area contributed by atoms with E-state index >= 15 is 0 Å². The first kappa shape index (κ1) is 21.8. The second-order valence-corrected chi connectivity index (χ2v) is 7.44. The molecule has 0 saturated carbocycles. The molecule has 3 heterocycles. The van der Waals surface area contributed by atoms with Gasteiger partial charge in [-0.3, -0.25) is 0 Å². The van der Waals surface area contributed by atoms with Crippen LogP contribution in [0.15, 0.2) is 93.4 Å². The summed E-state index contributed by atoms with van der Waals surface area (Å²) in [7, 11) is 2.44. The Labute approximate surface area is 197 Å². The SMILES string of the molecule is COC(=O)C1=C(C(=O)OC)N(c2ccc3cc(-n4nc5ccccc5n4)c(=O)oc3c2)C=CC=C1. The maximum absolute atomic E-state index is 12.8. The minimum atomic E-state index is -0.740. The Morgan fingerprint density at radius 3 is 2.31 bits per heavy atom. The molecule has 0 amide bonds. The van der Waals surface area contributed by atoms with E-state index < -0.39 is 17.6 Å². The molecule has 1 aliphatic rings. The molecule has 0 bridgehead atoms. The lowest BCUT2D eigenvalue weighted by atomic mass is 10.1. The molecule has 2 aromatic heterocycles. The van der Waals surface area contributed by atoms with Crippen LogP contribution in [0, 0.1) is 0 Å². The predicted molar refractivity (Wildman–Crippen MR) is 127 cm³/mol. The number of methoxy groups -OCH3 is 2. The number of hydrogen-bond acceptors (Lipinski definition) is 9. The van der Waals surface area contributed by atoms with Crippen LogP contribution in [-0.2, 0) is 19.1 Å². The summed E-state index contributed by atoms with van der Waals surface area (Å²) in [4.78, 5) is 40.5. The summed E-state index contributed by atoms with van der Waals surface area (Å²) in [5, 5.41) is 9.30. The molecule has 10 nitrogen and oxygen atoms in total. The van der Waals surface area contributed by atoms with E-state index in [1.807, 2.05) is 12.1 Å². The topological polar surface area (TPSA) is 117 Å². The van der Waals surface area contributed by atoms with Crippen molar-refractivity contribution in [2.45, 2.75) is 0 Å². The number of fused-ring (bicyclic) bond motifs is 2. The van der Waals surface area contributed by atoms with Crippen molar-refractivity contribution in [3.05, 3.63) is 94.6 Å². The van der Waals surface area contributed by atoms with Gasteiger partial charge in [-0.2, -0.15) is 0 Å². The van der Waals surface area contributed by atoms with Gasteiger partial charge in [0.25, 0.3) is 0 Å². The van der Waals surface area contributed by atoms with Gasteiger partial charge in [0.15, 0.2) is 5.69 Å². The molecule has 10 heteroatoms. The summed E-state index contributed by atoms with van der Waals surface area (Å²) in [6.45, 7) is 0. The highest BCUT2D eigenvalue weighted by Gasteiger charge is 2.27. The third-order valence-electron chi connectivity index (χ3n) is 5.37. The number of rotatable bonds is 4. The van der Waals surface area contributed by atoms with E-state index in [1.165, 1.54) is 30.0 Å². The highest BCUT2D eigenvalue weighted by molar-refractivity contribution is 6.05. The lowest BCUT2D eigenvalue weighted by molar-refractivity contribution is -0.139. The van der Waals surface area contributed by atoms with Gasteiger partial charge in [0, 0.05) is 23.3 Å². The van der Waals surface area contributed by atoms with Crippen LogP contribution in [0.5, 0.6) is 0 Å². The van der Waals surface area contributed by atoms with Crippen LogP contribution in [-0.4, -0.2) is 41.2 Å². The summed E-state index contributed by atoms with van der Waals surface area (Å²) < 4.78 is 15.3. The van der Waals surface area contributed by atoms with E-state index in [-0.39, 0.29) is 22.5 Å². The van der Waals surface area contributed by atoms with E-state index in [0.717, 1.165) is 0 Å². The highest BCUT2D eigenvalue weighted by atomic mass is 16.5. The molecule has 0 radical (unpaired) electrons. The van der Waals surface area contributed by atoms with Gasteiger partial charge in [0.1, 0.15) is 22.3 Å². The molecule has 1 aliphatic heterocycles. The first-order valence-corrected chi connectivity index (χ1v) is 10.5. The Kier molecular flexibility index (Phi) is 5.46. The average molecular weight is 470 g/mol. The van der Waals surface area contributed by atoms with Gasteiger partial charge in [0.2, 0.25) is 0 Å². The summed E-state index contributed by atoms with van der Waals surface area (Å²) in [5.74, 6) is -1.44. The largest absolute Gasteiger partial charge is 0.465 e. The van der Waals surface area contributed by atoms with E-state index in [4.69, 9.17) is 13.9 Å². The molecule has 2 aromatic carbocycles. The zero-order valence-electron chi connectivity index (χ0n) is 18.7. The van der Waals surface area contributed by atoms with Gasteiger partial charge in [-0.15, -0.1) is 15.0 Å². The minimum Gasteiger partial charge on any atom is -0.465 e. The standard InChI is InChI=1S/C25H18N4O6/c1-33-23(30)17-7-5-6-12-28(22(17)25(32)34-2)16-11-10-15-13-20(24(31)35-21(15)14-16)29-26-18-8-3-4-9-19(18)27-29/h3-14H,1-2H3. The number of allylic oxidation sites excluding steroid dienone is 2. The quantitative estimate of drug-likeness (QED) is 0.328. The lowest BCUT2D eigenvalue weighted by Crippen LogP contribution is -2.27. The number of ether oxygens (including phenoxy) is 2. The molecule has 0 saturated heterocycles. The summed E-state index contributed by atoms with van der Waals surface area (Å²) in [6.07, 6.45) is 6.30. The smallest absolute Gasteiger partial charge is 0.364 e. The molecule has 0 fully saturated rings. The molecule has 0 unspecified atom stereocenters. The van der Waals surface area contributed by atoms with Crippen molar-refractivity contribution >= 4 is 39.6 Å². The molecule has 0 N–H and O–H groups in total. The first-order valence-electron chi connectivity index (χ1n) is 10.5. The van der Waals surface area contributed by atoms with Gasteiger partial charge in [-0.05, 0) is 42.5 Å². The molecule has 0 atom stereocenters. The number of anilines is 1. The average Bonchev–Trinajstić information content (AvgIpc) is 3.18. The zero-order chi connectivity index (χ0) is 24.5. The normalized spacial score (nSPS) is 13.4. The summed E-state index contributed by atoms with van der Waals surface area (Å²) in [5.41, 5.74) is 1.50. The zero-order valence-corrected chi connectivity index (χ0v) is 18.7.